The maximum atomic E-state index is 13.1. The van der Waals surface area contributed by atoms with Crippen LogP contribution in [0.25, 0.3) is 11.5 Å². The third kappa shape index (κ3) is 4.54. The summed E-state index contributed by atoms with van der Waals surface area (Å²) in [5, 5.41) is 9.36. The normalized spacial score (nSPS) is 27.1. The molecule has 0 amide bonds. The van der Waals surface area contributed by atoms with E-state index in [1.807, 2.05) is 64.1 Å². The zero-order valence-electron chi connectivity index (χ0n) is 23.7. The van der Waals surface area contributed by atoms with Crippen molar-refractivity contribution in [3.05, 3.63) is 81.9 Å². The van der Waals surface area contributed by atoms with Crippen LogP contribution >= 0.6 is 0 Å². The van der Waals surface area contributed by atoms with Crippen LogP contribution in [-0.2, 0) is 34.3 Å². The Labute approximate surface area is 238 Å². The first kappa shape index (κ1) is 27.6. The van der Waals surface area contributed by atoms with E-state index < -0.39 is 23.5 Å². The minimum Gasteiger partial charge on any atom is -0.487 e. The number of carbonyl (C=O) groups excluding carboxylic acids is 3. The van der Waals surface area contributed by atoms with Crippen LogP contribution in [0.1, 0.15) is 80.4 Å². The largest absolute Gasteiger partial charge is 0.487 e. The molecule has 0 aromatic heterocycles. The van der Waals surface area contributed by atoms with Gasteiger partial charge in [-0.2, -0.15) is 0 Å². The average Bonchev–Trinajstić information content (AvgIpc) is 3.40. The molecule has 3 aliphatic heterocycles. The number of ether oxygens (including phenoxy) is 4. The lowest BCUT2D eigenvalue weighted by Gasteiger charge is -2.41. The predicted octanol–water partition coefficient (Wildman–Crippen LogP) is 4.88. The summed E-state index contributed by atoms with van der Waals surface area (Å²) in [5.74, 6) is -1.20. The first-order valence-corrected chi connectivity index (χ1v) is 14.1. The smallest absolute Gasteiger partial charge is 0.262 e. The van der Waals surface area contributed by atoms with Crippen molar-refractivity contribution >= 4 is 28.9 Å². The highest BCUT2D eigenvalue weighted by Gasteiger charge is 2.56. The van der Waals surface area contributed by atoms with Crippen LogP contribution in [0.15, 0.2) is 59.7 Å². The molecule has 5 aliphatic rings. The van der Waals surface area contributed by atoms with Gasteiger partial charge in [-0.3, -0.25) is 14.4 Å². The minimum absolute atomic E-state index is 0.174. The van der Waals surface area contributed by atoms with E-state index in [9.17, 15) is 19.5 Å². The number of hydrogen-bond donors (Lipinski definition) is 1. The molecule has 1 fully saturated rings. The molecule has 0 bridgehead atoms. The van der Waals surface area contributed by atoms with E-state index in [0.29, 0.717) is 46.6 Å². The van der Waals surface area contributed by atoms with Crippen LogP contribution < -0.4 is 0 Å². The molecule has 1 saturated heterocycles. The molecule has 41 heavy (non-hydrogen) atoms. The fraction of sp³-hybridized carbons (Fsp3) is 0.424. The van der Waals surface area contributed by atoms with Gasteiger partial charge in [0.2, 0.25) is 17.3 Å². The Balaban J connectivity index is 0.000000152. The summed E-state index contributed by atoms with van der Waals surface area (Å²) in [6, 6.07) is 14.7. The van der Waals surface area contributed by atoms with Crippen LogP contribution in [-0.4, -0.2) is 53.0 Å². The molecule has 7 rings (SSSR count). The van der Waals surface area contributed by atoms with Gasteiger partial charge >= 0.3 is 0 Å². The van der Waals surface area contributed by atoms with Crippen LogP contribution in [0.4, 0.5) is 0 Å². The second-order valence-corrected chi connectivity index (χ2v) is 12.3. The molecule has 2 unspecified atom stereocenters. The monoisotopic (exact) mass is 558 g/mol. The molecule has 2 aromatic carbocycles. The van der Waals surface area contributed by atoms with Gasteiger partial charge in [-0.1, -0.05) is 48.5 Å². The summed E-state index contributed by atoms with van der Waals surface area (Å²) in [6.07, 6.45) is 2.27. The molecular weight excluding hydrogens is 524 g/mol. The molecule has 2 aromatic rings. The van der Waals surface area contributed by atoms with Crippen molar-refractivity contribution in [1.29, 1.82) is 0 Å². The first-order chi connectivity index (χ1) is 19.5. The molecule has 1 spiro atoms. The Bertz CT molecular complexity index is 1530. The number of Topliss-reactive ketones (excluding diaryl/α,β-unsaturated/α-hetero) is 3. The lowest BCUT2D eigenvalue weighted by molar-refractivity contribution is -0.189. The zero-order valence-corrected chi connectivity index (χ0v) is 23.7. The molecular formula is C33H34O8. The van der Waals surface area contributed by atoms with Gasteiger partial charge in [-0.05, 0) is 53.4 Å². The number of fused-ring (bicyclic) bond motifs is 5. The van der Waals surface area contributed by atoms with Crippen LogP contribution in [0.3, 0.4) is 0 Å². The van der Waals surface area contributed by atoms with Gasteiger partial charge in [0.25, 0.3) is 5.79 Å². The van der Waals surface area contributed by atoms with Gasteiger partial charge < -0.3 is 24.1 Å². The highest BCUT2D eigenvalue weighted by atomic mass is 16.8. The van der Waals surface area contributed by atoms with Crippen LogP contribution in [0.5, 0.6) is 0 Å². The molecule has 8 heteroatoms. The molecule has 0 radical (unpaired) electrons. The van der Waals surface area contributed by atoms with E-state index in [2.05, 4.69) is 0 Å². The molecule has 2 aliphatic carbocycles. The van der Waals surface area contributed by atoms with Gasteiger partial charge in [-0.15, -0.1) is 0 Å². The maximum absolute atomic E-state index is 13.1. The SMILES string of the molecule is CC1(C)CCC2=C(O1)c1ccccc1C(=O)C2=O.CC1(C)CCC2=C(O1)c1ccccc1C1(OCC(CO)O1)C2=O. The Kier molecular flexibility index (Phi) is 6.56. The Morgan fingerprint density at radius 2 is 1.32 bits per heavy atom. The van der Waals surface area contributed by atoms with Gasteiger partial charge in [-0.25, -0.2) is 0 Å². The van der Waals surface area contributed by atoms with Crippen molar-refractivity contribution in [1.82, 2.24) is 0 Å². The Morgan fingerprint density at radius 3 is 1.95 bits per heavy atom. The molecule has 214 valence electrons. The number of aliphatic hydroxyl groups excluding tert-OH is 1. The van der Waals surface area contributed by atoms with E-state index >= 15 is 0 Å². The van der Waals surface area contributed by atoms with E-state index in [1.165, 1.54) is 0 Å². The van der Waals surface area contributed by atoms with E-state index in [0.717, 1.165) is 24.0 Å². The molecule has 8 nitrogen and oxygen atoms in total. The summed E-state index contributed by atoms with van der Waals surface area (Å²) >= 11 is 0. The number of allylic oxidation sites excluding steroid dienone is 1. The quantitative estimate of drug-likeness (QED) is 0.494. The standard InChI is InChI=1S/C18H20O5.C15H14O3/c1-17(2)8-7-13-15(23-17)12-5-3-4-6-14(12)18(16(13)20)21-10-11(9-19)22-18;1-15(2)8-7-11-13(17)12(16)9-5-3-4-6-10(9)14(11)18-15/h3-6,11,19H,7-10H2,1-2H3;3-6H,7-8H2,1-2H3. The van der Waals surface area contributed by atoms with Crippen molar-refractivity contribution in [2.24, 2.45) is 0 Å². The summed E-state index contributed by atoms with van der Waals surface area (Å²) in [5.41, 5.74) is 3.29. The van der Waals surface area contributed by atoms with Crippen molar-refractivity contribution in [3.63, 3.8) is 0 Å². The first-order valence-electron chi connectivity index (χ1n) is 14.1. The fourth-order valence-corrected chi connectivity index (χ4v) is 6.02. The van der Waals surface area contributed by atoms with E-state index in [1.54, 1.807) is 12.1 Å². The van der Waals surface area contributed by atoms with Gasteiger partial charge in [0.05, 0.1) is 13.2 Å². The molecule has 0 saturated carbocycles. The number of aliphatic hydroxyl groups is 1. The second kappa shape index (κ2) is 9.76. The number of hydrogen-bond acceptors (Lipinski definition) is 8. The molecule has 1 N–H and O–H groups in total. The second-order valence-electron chi connectivity index (χ2n) is 12.3. The third-order valence-corrected chi connectivity index (χ3v) is 8.26. The van der Waals surface area contributed by atoms with Gasteiger partial charge in [0.15, 0.2) is 0 Å². The average molecular weight is 559 g/mol. The Morgan fingerprint density at radius 1 is 0.756 bits per heavy atom. The lowest BCUT2D eigenvalue weighted by atomic mass is 9.79. The van der Waals surface area contributed by atoms with Gasteiger partial charge in [0.1, 0.15) is 28.8 Å². The van der Waals surface area contributed by atoms with Crippen LogP contribution in [0.2, 0.25) is 0 Å². The maximum Gasteiger partial charge on any atom is 0.262 e. The van der Waals surface area contributed by atoms with E-state index in [-0.39, 0.29) is 30.2 Å². The lowest BCUT2D eigenvalue weighted by Crippen LogP contribution is -2.45. The van der Waals surface area contributed by atoms with Crippen molar-refractivity contribution in [2.75, 3.05) is 13.2 Å². The van der Waals surface area contributed by atoms with Gasteiger partial charge in [0, 0.05) is 33.4 Å². The zero-order chi connectivity index (χ0) is 29.2. The molecule has 3 heterocycles. The highest BCUT2D eigenvalue weighted by molar-refractivity contribution is 6.52. The minimum atomic E-state index is -1.44. The summed E-state index contributed by atoms with van der Waals surface area (Å²) in [4.78, 5) is 37.2. The summed E-state index contributed by atoms with van der Waals surface area (Å²) < 4.78 is 23.7. The van der Waals surface area contributed by atoms with Crippen molar-refractivity contribution in [3.8, 4) is 0 Å². The molecule has 2 atom stereocenters. The summed E-state index contributed by atoms with van der Waals surface area (Å²) in [7, 11) is 0. The summed E-state index contributed by atoms with van der Waals surface area (Å²) in [6.45, 7) is 8.08. The number of benzene rings is 2. The highest BCUT2D eigenvalue weighted by Crippen LogP contribution is 2.50. The Hall–Kier alpha value is -3.59. The predicted molar refractivity (Wildman–Crippen MR) is 149 cm³/mol. The fourth-order valence-electron chi connectivity index (χ4n) is 6.02. The van der Waals surface area contributed by atoms with Crippen molar-refractivity contribution < 1.29 is 38.4 Å². The third-order valence-electron chi connectivity index (χ3n) is 8.26. The van der Waals surface area contributed by atoms with E-state index in [4.69, 9.17) is 18.9 Å². The number of rotatable bonds is 1. The number of ketones is 3. The van der Waals surface area contributed by atoms with Crippen LogP contribution in [0, 0.1) is 0 Å². The number of carbonyl (C=O) groups is 3. The topological polar surface area (TPSA) is 108 Å². The van der Waals surface area contributed by atoms with Crippen molar-refractivity contribution in [2.45, 2.75) is 76.5 Å².